The number of sulfonamides is 1. The Bertz CT molecular complexity index is 646. The van der Waals surface area contributed by atoms with Crippen LogP contribution in [0.5, 0.6) is 0 Å². The molecule has 2 aliphatic rings. The lowest BCUT2D eigenvalue weighted by Crippen LogP contribution is -2.49. The van der Waals surface area contributed by atoms with E-state index in [-0.39, 0.29) is 28.8 Å². The molecular weight excluding hydrogens is 296 g/mol. The highest BCUT2D eigenvalue weighted by Crippen LogP contribution is 2.39. The number of nitro groups is 1. The first kappa shape index (κ1) is 14.4. The van der Waals surface area contributed by atoms with E-state index in [2.05, 4.69) is 4.98 Å². The molecule has 3 rings (SSSR count). The van der Waals surface area contributed by atoms with Crippen LogP contribution in [0.3, 0.4) is 0 Å². The van der Waals surface area contributed by atoms with Crippen LogP contribution in [-0.4, -0.2) is 40.8 Å². The Morgan fingerprint density at radius 1 is 1.29 bits per heavy atom. The Kier molecular flexibility index (Phi) is 3.42. The Hall–Kier alpha value is -1.58. The quantitative estimate of drug-likeness (QED) is 0.646. The summed E-state index contributed by atoms with van der Waals surface area (Å²) in [6, 6.07) is 2.26. The molecule has 8 nitrogen and oxygen atoms in total. The highest BCUT2D eigenvalue weighted by Gasteiger charge is 2.46. The van der Waals surface area contributed by atoms with Crippen molar-refractivity contribution in [1.29, 1.82) is 0 Å². The van der Waals surface area contributed by atoms with E-state index in [0.717, 1.165) is 25.1 Å². The minimum Gasteiger partial charge on any atom is -0.358 e. The van der Waals surface area contributed by atoms with Gasteiger partial charge < -0.3 is 15.8 Å². The summed E-state index contributed by atoms with van der Waals surface area (Å²) in [7, 11) is -3.67. The number of aromatic nitrogens is 1. The lowest BCUT2D eigenvalue weighted by Gasteiger charge is -2.36. The maximum atomic E-state index is 12.7. The molecule has 114 valence electrons. The van der Waals surface area contributed by atoms with Crippen molar-refractivity contribution in [2.75, 3.05) is 0 Å². The van der Waals surface area contributed by atoms with Crippen LogP contribution >= 0.6 is 0 Å². The summed E-state index contributed by atoms with van der Waals surface area (Å²) in [5.74, 6) is -0.363. The van der Waals surface area contributed by atoms with E-state index in [1.165, 1.54) is 10.4 Å². The van der Waals surface area contributed by atoms with Crippen LogP contribution in [0.15, 0.2) is 23.2 Å². The molecule has 0 radical (unpaired) electrons. The standard InChI is InChI=1S/C12H16N4O4S/c13-8-5-9-1-2-10(6-8)15(9)21(19,20)11-3-4-12(14-7-11)16(17)18/h3-4,7-10H,1-2,5-6,13H2. The van der Waals surface area contributed by atoms with Crippen LogP contribution < -0.4 is 5.73 Å². The zero-order valence-corrected chi connectivity index (χ0v) is 12.1. The lowest BCUT2D eigenvalue weighted by molar-refractivity contribution is -0.389. The van der Waals surface area contributed by atoms with E-state index < -0.39 is 14.9 Å². The summed E-state index contributed by atoms with van der Waals surface area (Å²) < 4.78 is 26.9. The second kappa shape index (κ2) is 5.00. The molecule has 2 atom stereocenters. The van der Waals surface area contributed by atoms with Crippen LogP contribution in [0.4, 0.5) is 5.82 Å². The molecular formula is C12H16N4O4S. The molecule has 2 fully saturated rings. The van der Waals surface area contributed by atoms with Gasteiger partial charge in [0.2, 0.25) is 10.0 Å². The minimum atomic E-state index is -3.67. The second-order valence-electron chi connectivity index (χ2n) is 5.56. The Balaban J connectivity index is 1.92. The number of nitrogens with zero attached hydrogens (tertiary/aromatic N) is 3. The first-order valence-electron chi connectivity index (χ1n) is 6.79. The second-order valence-corrected chi connectivity index (χ2v) is 7.40. The highest BCUT2D eigenvalue weighted by atomic mass is 32.2. The monoisotopic (exact) mass is 312 g/mol. The van der Waals surface area contributed by atoms with E-state index in [1.54, 1.807) is 0 Å². The van der Waals surface area contributed by atoms with Gasteiger partial charge in [-0.3, -0.25) is 0 Å². The number of nitrogens with two attached hydrogens (primary N) is 1. The summed E-state index contributed by atoms with van der Waals surface area (Å²) in [6.45, 7) is 0. The smallest absolute Gasteiger partial charge is 0.358 e. The van der Waals surface area contributed by atoms with Crippen LogP contribution in [0.1, 0.15) is 25.7 Å². The number of rotatable bonds is 3. The zero-order valence-electron chi connectivity index (χ0n) is 11.3. The van der Waals surface area contributed by atoms with Gasteiger partial charge >= 0.3 is 5.82 Å². The molecule has 1 aromatic rings. The van der Waals surface area contributed by atoms with Gasteiger partial charge in [0.1, 0.15) is 4.90 Å². The molecule has 0 spiro atoms. The van der Waals surface area contributed by atoms with E-state index in [1.807, 2.05) is 0 Å². The molecule has 0 aliphatic carbocycles. The fraction of sp³-hybridized carbons (Fsp3) is 0.583. The molecule has 2 N–H and O–H groups in total. The van der Waals surface area contributed by atoms with Gasteiger partial charge in [-0.1, -0.05) is 0 Å². The average molecular weight is 312 g/mol. The van der Waals surface area contributed by atoms with Crippen LogP contribution in [0.25, 0.3) is 0 Å². The van der Waals surface area contributed by atoms with Crippen molar-refractivity contribution in [3.8, 4) is 0 Å². The minimum absolute atomic E-state index is 0.000437. The molecule has 0 saturated carbocycles. The average Bonchev–Trinajstić information content (AvgIpc) is 2.72. The van der Waals surface area contributed by atoms with Gasteiger partial charge in [-0.2, -0.15) is 4.31 Å². The van der Waals surface area contributed by atoms with E-state index >= 15 is 0 Å². The summed E-state index contributed by atoms with van der Waals surface area (Å²) in [6.07, 6.45) is 4.02. The van der Waals surface area contributed by atoms with Gasteiger partial charge in [-0.05, 0) is 41.7 Å². The molecule has 2 aliphatic heterocycles. The Labute approximate surface area is 122 Å². The van der Waals surface area contributed by atoms with Crippen LogP contribution in [-0.2, 0) is 10.0 Å². The maximum Gasteiger partial charge on any atom is 0.363 e. The van der Waals surface area contributed by atoms with Gasteiger partial charge in [0.25, 0.3) is 0 Å². The largest absolute Gasteiger partial charge is 0.363 e. The molecule has 2 saturated heterocycles. The predicted molar refractivity (Wildman–Crippen MR) is 73.9 cm³/mol. The SMILES string of the molecule is NC1CC2CCC(C1)N2S(=O)(=O)c1ccc([N+](=O)[O-])nc1. The summed E-state index contributed by atoms with van der Waals surface area (Å²) in [4.78, 5) is 13.5. The summed E-state index contributed by atoms with van der Waals surface area (Å²) in [5.41, 5.74) is 5.94. The van der Waals surface area contributed by atoms with Gasteiger partial charge in [0.15, 0.2) is 6.20 Å². The van der Waals surface area contributed by atoms with Gasteiger partial charge in [0.05, 0.1) is 0 Å². The Morgan fingerprint density at radius 3 is 2.38 bits per heavy atom. The number of fused-ring (bicyclic) bond motifs is 2. The predicted octanol–water partition coefficient (Wildman–Crippen LogP) is 0.633. The fourth-order valence-corrected chi connectivity index (χ4v) is 5.16. The normalized spacial score (nSPS) is 29.5. The topological polar surface area (TPSA) is 119 Å². The molecule has 0 amide bonds. The van der Waals surface area contributed by atoms with Crippen molar-refractivity contribution >= 4 is 15.8 Å². The zero-order chi connectivity index (χ0) is 15.2. The third kappa shape index (κ3) is 2.41. The number of piperidine rings is 1. The van der Waals surface area contributed by atoms with Crippen molar-refractivity contribution < 1.29 is 13.3 Å². The fourth-order valence-electron chi connectivity index (χ4n) is 3.32. The van der Waals surface area contributed by atoms with E-state index in [4.69, 9.17) is 5.73 Å². The lowest BCUT2D eigenvalue weighted by atomic mass is 10.0. The van der Waals surface area contributed by atoms with E-state index in [9.17, 15) is 18.5 Å². The van der Waals surface area contributed by atoms with Crippen molar-refractivity contribution in [2.24, 2.45) is 5.73 Å². The number of pyridine rings is 1. The van der Waals surface area contributed by atoms with Gasteiger partial charge in [-0.15, -0.1) is 0 Å². The van der Waals surface area contributed by atoms with Crippen molar-refractivity contribution in [3.63, 3.8) is 0 Å². The van der Waals surface area contributed by atoms with Crippen LogP contribution in [0.2, 0.25) is 0 Å². The first-order chi connectivity index (χ1) is 9.89. The third-order valence-electron chi connectivity index (χ3n) is 4.19. The molecule has 2 unspecified atom stereocenters. The van der Waals surface area contributed by atoms with Crippen molar-refractivity contribution in [2.45, 2.75) is 48.7 Å². The molecule has 2 bridgehead atoms. The third-order valence-corrected chi connectivity index (χ3v) is 6.17. The van der Waals surface area contributed by atoms with Crippen molar-refractivity contribution in [1.82, 2.24) is 9.29 Å². The summed E-state index contributed by atoms with van der Waals surface area (Å²) >= 11 is 0. The number of hydrogen-bond acceptors (Lipinski definition) is 6. The van der Waals surface area contributed by atoms with Gasteiger partial charge in [-0.25, -0.2) is 8.42 Å². The molecule has 9 heteroatoms. The molecule has 21 heavy (non-hydrogen) atoms. The molecule has 1 aromatic heterocycles. The summed E-state index contributed by atoms with van der Waals surface area (Å²) in [5, 5.41) is 10.6. The molecule has 3 heterocycles. The maximum absolute atomic E-state index is 12.7. The van der Waals surface area contributed by atoms with Gasteiger partial charge in [0, 0.05) is 24.2 Å². The van der Waals surface area contributed by atoms with Crippen molar-refractivity contribution in [3.05, 3.63) is 28.4 Å². The first-order valence-corrected chi connectivity index (χ1v) is 8.23. The number of hydrogen-bond donors (Lipinski definition) is 1. The van der Waals surface area contributed by atoms with Crippen LogP contribution in [0, 0.1) is 10.1 Å². The Morgan fingerprint density at radius 2 is 1.90 bits per heavy atom. The highest BCUT2D eigenvalue weighted by molar-refractivity contribution is 7.89. The molecule has 0 aromatic carbocycles. The van der Waals surface area contributed by atoms with E-state index in [0.29, 0.717) is 12.8 Å².